The monoisotopic (exact) mass is 250 g/mol. The molecule has 1 saturated carbocycles. The molecule has 1 aliphatic heterocycles. The van der Waals surface area contributed by atoms with Gasteiger partial charge in [0.2, 0.25) is 11.8 Å². The van der Waals surface area contributed by atoms with Crippen molar-refractivity contribution in [2.75, 3.05) is 6.54 Å². The minimum Gasteiger partial charge on any atom is -0.340 e. The first-order chi connectivity index (χ1) is 8.40. The molecule has 0 aromatic heterocycles. The molecule has 0 bridgehead atoms. The van der Waals surface area contributed by atoms with Crippen molar-refractivity contribution < 1.29 is 9.59 Å². The minimum absolute atomic E-state index is 0.0206. The minimum atomic E-state index is -0.696. The number of nitrogens with one attached hydrogen (secondary N) is 1. The molecular formula is C14H22N2O2. The average molecular weight is 250 g/mol. The van der Waals surface area contributed by atoms with E-state index in [0.717, 1.165) is 18.4 Å². The highest BCUT2D eigenvalue weighted by atomic mass is 16.2. The molecule has 2 rings (SSSR count). The Bertz CT molecular complexity index is 401. The van der Waals surface area contributed by atoms with Gasteiger partial charge in [0, 0.05) is 6.54 Å². The van der Waals surface area contributed by atoms with Crippen LogP contribution in [0.5, 0.6) is 0 Å². The van der Waals surface area contributed by atoms with Gasteiger partial charge in [-0.1, -0.05) is 19.1 Å². The van der Waals surface area contributed by atoms with Gasteiger partial charge < -0.3 is 10.2 Å². The summed E-state index contributed by atoms with van der Waals surface area (Å²) in [7, 11) is 0. The zero-order chi connectivity index (χ0) is 13.5. The molecule has 1 saturated heterocycles. The van der Waals surface area contributed by atoms with Gasteiger partial charge in [0.05, 0.1) is 0 Å². The Kier molecular flexibility index (Phi) is 3.21. The van der Waals surface area contributed by atoms with E-state index in [1.54, 1.807) is 4.90 Å². The predicted molar refractivity (Wildman–Crippen MR) is 69.9 cm³/mol. The van der Waals surface area contributed by atoms with E-state index in [0.29, 0.717) is 18.9 Å². The molecule has 18 heavy (non-hydrogen) atoms. The quantitative estimate of drug-likeness (QED) is 0.768. The molecule has 2 fully saturated rings. The summed E-state index contributed by atoms with van der Waals surface area (Å²) < 4.78 is 0. The van der Waals surface area contributed by atoms with Gasteiger partial charge in [0.15, 0.2) is 0 Å². The summed E-state index contributed by atoms with van der Waals surface area (Å²) in [5.41, 5.74) is 0.215. The second-order valence-electron chi connectivity index (χ2n) is 5.78. The van der Waals surface area contributed by atoms with Crippen molar-refractivity contribution in [1.82, 2.24) is 10.2 Å². The normalized spacial score (nSPS) is 32.4. The van der Waals surface area contributed by atoms with Crippen molar-refractivity contribution in [3.63, 3.8) is 0 Å². The van der Waals surface area contributed by atoms with Crippen molar-refractivity contribution in [1.29, 1.82) is 0 Å². The highest BCUT2D eigenvalue weighted by Gasteiger charge is 2.54. The Balaban J connectivity index is 2.28. The summed E-state index contributed by atoms with van der Waals surface area (Å²) in [4.78, 5) is 26.5. The van der Waals surface area contributed by atoms with E-state index in [1.807, 2.05) is 20.8 Å². The largest absolute Gasteiger partial charge is 0.340 e. The third-order valence-corrected chi connectivity index (χ3v) is 3.99. The maximum atomic E-state index is 12.6. The van der Waals surface area contributed by atoms with Crippen LogP contribution in [0.1, 0.15) is 40.0 Å². The van der Waals surface area contributed by atoms with Crippen LogP contribution in [0.3, 0.4) is 0 Å². The smallest absolute Gasteiger partial charge is 0.249 e. The number of carbonyl (C=O) groups is 2. The zero-order valence-corrected chi connectivity index (χ0v) is 11.5. The van der Waals surface area contributed by atoms with Gasteiger partial charge in [-0.25, -0.2) is 0 Å². The summed E-state index contributed by atoms with van der Waals surface area (Å²) >= 11 is 0. The van der Waals surface area contributed by atoms with E-state index in [1.165, 1.54) is 0 Å². The highest BCUT2D eigenvalue weighted by Crippen LogP contribution is 2.42. The predicted octanol–water partition coefficient (Wildman–Crippen LogP) is 1.47. The zero-order valence-electron chi connectivity index (χ0n) is 11.5. The topological polar surface area (TPSA) is 49.4 Å². The van der Waals surface area contributed by atoms with E-state index in [2.05, 4.69) is 11.9 Å². The van der Waals surface area contributed by atoms with Crippen LogP contribution in [-0.2, 0) is 9.59 Å². The number of carbonyl (C=O) groups excluding carboxylic acids is 2. The number of hydrogen-bond donors (Lipinski definition) is 1. The number of amides is 2. The molecule has 2 aliphatic rings. The Morgan fingerprint density at radius 3 is 2.56 bits per heavy atom. The molecule has 0 radical (unpaired) electrons. The van der Waals surface area contributed by atoms with Crippen LogP contribution in [0.25, 0.3) is 0 Å². The van der Waals surface area contributed by atoms with Crippen molar-refractivity contribution in [3.8, 4) is 0 Å². The summed E-state index contributed by atoms with van der Waals surface area (Å²) in [6.45, 7) is 10.0. The number of rotatable bonds is 4. The first-order valence-electron chi connectivity index (χ1n) is 6.67. The second-order valence-corrected chi connectivity index (χ2v) is 5.78. The first-order valence-corrected chi connectivity index (χ1v) is 6.67. The van der Waals surface area contributed by atoms with Crippen LogP contribution in [0, 0.1) is 5.92 Å². The van der Waals surface area contributed by atoms with Crippen LogP contribution in [0.15, 0.2) is 12.2 Å². The highest BCUT2D eigenvalue weighted by molar-refractivity contribution is 6.00. The number of nitrogens with zero attached hydrogens (tertiary/aromatic N) is 1. The molecule has 1 heterocycles. The van der Waals surface area contributed by atoms with E-state index in [4.69, 9.17) is 0 Å². The van der Waals surface area contributed by atoms with Gasteiger partial charge in [0.1, 0.15) is 11.6 Å². The maximum absolute atomic E-state index is 12.6. The fourth-order valence-corrected chi connectivity index (χ4v) is 2.79. The van der Waals surface area contributed by atoms with Gasteiger partial charge in [-0.05, 0) is 39.0 Å². The maximum Gasteiger partial charge on any atom is 0.249 e. The lowest BCUT2D eigenvalue weighted by molar-refractivity contribution is -0.154. The van der Waals surface area contributed by atoms with Crippen LogP contribution < -0.4 is 5.32 Å². The van der Waals surface area contributed by atoms with Crippen LogP contribution in [0.4, 0.5) is 0 Å². The Hall–Kier alpha value is -1.32. The lowest BCUT2D eigenvalue weighted by Crippen LogP contribution is -2.70. The third-order valence-electron chi connectivity index (χ3n) is 3.99. The summed E-state index contributed by atoms with van der Waals surface area (Å²) in [5.74, 6) is 0.339. The van der Waals surface area contributed by atoms with Crippen LogP contribution >= 0.6 is 0 Å². The molecule has 2 amide bonds. The molecule has 2 unspecified atom stereocenters. The number of hydrogen-bond acceptors (Lipinski definition) is 2. The van der Waals surface area contributed by atoms with Crippen molar-refractivity contribution in [3.05, 3.63) is 12.2 Å². The first kappa shape index (κ1) is 13.1. The summed E-state index contributed by atoms with van der Waals surface area (Å²) in [5, 5.41) is 2.95. The van der Waals surface area contributed by atoms with Gasteiger partial charge in [-0.15, -0.1) is 0 Å². The van der Waals surface area contributed by atoms with Gasteiger partial charge in [-0.2, -0.15) is 0 Å². The molecule has 2 atom stereocenters. The summed E-state index contributed by atoms with van der Waals surface area (Å²) in [6.07, 6.45) is 2.70. The molecule has 1 aliphatic carbocycles. The van der Waals surface area contributed by atoms with Crippen molar-refractivity contribution in [2.45, 2.75) is 51.6 Å². The van der Waals surface area contributed by atoms with Gasteiger partial charge >= 0.3 is 0 Å². The Morgan fingerprint density at radius 2 is 2.11 bits per heavy atom. The van der Waals surface area contributed by atoms with Crippen LogP contribution in [-0.4, -0.2) is 34.8 Å². The van der Waals surface area contributed by atoms with Crippen LogP contribution in [0.2, 0.25) is 0 Å². The van der Waals surface area contributed by atoms with E-state index < -0.39 is 5.54 Å². The lowest BCUT2D eigenvalue weighted by atomic mass is 9.88. The molecule has 0 aromatic rings. The summed E-state index contributed by atoms with van der Waals surface area (Å²) in [6, 6.07) is -0.346. The Labute approximate surface area is 108 Å². The number of piperazine rings is 1. The standard InChI is InChI=1S/C14H22N2O2/c1-5-11-12(17)15-14(4,10-6-7-10)13(18)16(11)8-9(2)3/h10-11H,2,5-8H2,1,3-4H3,(H,15,17). The lowest BCUT2D eigenvalue weighted by Gasteiger charge is -2.44. The fourth-order valence-electron chi connectivity index (χ4n) is 2.79. The van der Waals surface area contributed by atoms with Crippen molar-refractivity contribution >= 4 is 11.8 Å². The molecular weight excluding hydrogens is 228 g/mol. The fraction of sp³-hybridized carbons (Fsp3) is 0.714. The van der Waals surface area contributed by atoms with Gasteiger partial charge in [0.25, 0.3) is 0 Å². The SMILES string of the molecule is C=C(C)CN1C(=O)C(C)(C2CC2)NC(=O)C1CC. The third kappa shape index (κ3) is 2.04. The average Bonchev–Trinajstić information content (AvgIpc) is 3.09. The van der Waals surface area contributed by atoms with E-state index in [9.17, 15) is 9.59 Å². The molecule has 4 nitrogen and oxygen atoms in total. The molecule has 100 valence electrons. The molecule has 1 N–H and O–H groups in total. The molecule has 0 aromatic carbocycles. The van der Waals surface area contributed by atoms with E-state index in [-0.39, 0.29) is 17.9 Å². The second kappa shape index (κ2) is 4.41. The Morgan fingerprint density at radius 1 is 1.50 bits per heavy atom. The van der Waals surface area contributed by atoms with E-state index >= 15 is 0 Å². The molecule has 0 spiro atoms. The van der Waals surface area contributed by atoms with Gasteiger partial charge in [-0.3, -0.25) is 9.59 Å². The molecule has 4 heteroatoms. The van der Waals surface area contributed by atoms with Crippen molar-refractivity contribution in [2.24, 2.45) is 5.92 Å².